The average molecular weight is 737 g/mol. The van der Waals surface area contributed by atoms with Gasteiger partial charge in [-0.05, 0) is 74.1 Å². The summed E-state index contributed by atoms with van der Waals surface area (Å²) >= 11 is 0. The molecule has 290 valence electrons. The first-order valence-corrected chi connectivity index (χ1v) is 18.6. The van der Waals surface area contributed by atoms with Crippen LogP contribution in [0.1, 0.15) is 80.2 Å². The standard InChI is InChI=1S/C42H56O11/c1-10-21-49-32-15-12-11-14-31(32)17-20-42(47)25(2)23-35(51-28(5)44)40(9)34(42)18-19-39(8)33-16-13-22-48-24-41(33,26(3)50-27(4)43)38(53-30(7)46)36(37(39)40)52-29(6)45/h10-16,23,26,33-38,47H,1,17-22,24H2,2-9H3/t26?,33?,34?,35-,36+,37?,38+,39+,40-,41-,42+/m1/s1. The third-order valence-electron chi connectivity index (χ3n) is 12.8. The predicted molar refractivity (Wildman–Crippen MR) is 195 cm³/mol. The van der Waals surface area contributed by atoms with Crippen LogP contribution in [0.2, 0.25) is 0 Å². The van der Waals surface area contributed by atoms with Gasteiger partial charge in [0.1, 0.15) is 30.7 Å². The van der Waals surface area contributed by atoms with Crippen LogP contribution in [0, 0.1) is 34.0 Å². The first-order chi connectivity index (χ1) is 25.0. The first kappa shape index (κ1) is 40.2. The van der Waals surface area contributed by atoms with E-state index >= 15 is 0 Å². The van der Waals surface area contributed by atoms with Crippen molar-refractivity contribution in [1.29, 1.82) is 0 Å². The topological polar surface area (TPSA) is 144 Å². The van der Waals surface area contributed by atoms with E-state index in [1.165, 1.54) is 27.7 Å². The van der Waals surface area contributed by atoms with Crippen molar-refractivity contribution in [2.45, 2.75) is 111 Å². The van der Waals surface area contributed by atoms with Crippen molar-refractivity contribution in [1.82, 2.24) is 0 Å². The molecule has 4 aliphatic rings. The van der Waals surface area contributed by atoms with Crippen LogP contribution in [-0.4, -0.2) is 78.8 Å². The van der Waals surface area contributed by atoms with Crippen LogP contribution in [-0.2, 0) is 49.3 Å². The van der Waals surface area contributed by atoms with Crippen molar-refractivity contribution in [3.8, 4) is 5.75 Å². The number of benzene rings is 1. The van der Waals surface area contributed by atoms with Crippen LogP contribution in [0.25, 0.3) is 0 Å². The van der Waals surface area contributed by atoms with E-state index in [0.29, 0.717) is 43.6 Å². The molecule has 2 saturated carbocycles. The van der Waals surface area contributed by atoms with Gasteiger partial charge in [0, 0.05) is 44.9 Å². The summed E-state index contributed by atoms with van der Waals surface area (Å²) < 4.78 is 36.9. The van der Waals surface area contributed by atoms with E-state index in [0.717, 1.165) is 5.56 Å². The molecule has 1 heterocycles. The molecule has 1 aromatic carbocycles. The fraction of sp³-hybridized carbons (Fsp3) is 0.619. The molecule has 5 rings (SSSR count). The van der Waals surface area contributed by atoms with Gasteiger partial charge in [-0.1, -0.05) is 56.9 Å². The highest BCUT2D eigenvalue weighted by Gasteiger charge is 2.76. The molecule has 1 aliphatic heterocycles. The number of ether oxygens (including phenoxy) is 6. The summed E-state index contributed by atoms with van der Waals surface area (Å²) in [4.78, 5) is 51.8. The average Bonchev–Trinajstić information content (AvgIpc) is 3.31. The van der Waals surface area contributed by atoms with Crippen molar-refractivity contribution >= 4 is 23.9 Å². The summed E-state index contributed by atoms with van der Waals surface area (Å²) in [6.45, 7) is 17.4. The zero-order chi connectivity index (χ0) is 38.9. The molecule has 0 saturated heterocycles. The Morgan fingerprint density at radius 1 is 1.02 bits per heavy atom. The van der Waals surface area contributed by atoms with Gasteiger partial charge in [0.25, 0.3) is 0 Å². The minimum Gasteiger partial charge on any atom is -0.489 e. The number of aryl methyl sites for hydroxylation is 1. The molecule has 0 spiro atoms. The molecule has 3 aliphatic carbocycles. The van der Waals surface area contributed by atoms with Gasteiger partial charge in [-0.3, -0.25) is 19.2 Å². The minimum atomic E-state index is -1.38. The molecule has 4 unspecified atom stereocenters. The monoisotopic (exact) mass is 736 g/mol. The van der Waals surface area contributed by atoms with Crippen molar-refractivity contribution < 1.29 is 52.7 Å². The Balaban J connectivity index is 1.74. The van der Waals surface area contributed by atoms with Gasteiger partial charge in [0.2, 0.25) is 0 Å². The Morgan fingerprint density at radius 3 is 2.34 bits per heavy atom. The van der Waals surface area contributed by atoms with Gasteiger partial charge >= 0.3 is 23.9 Å². The number of allylic oxidation sites excluding steroid dienone is 1. The highest BCUT2D eigenvalue weighted by Crippen LogP contribution is 2.72. The lowest BCUT2D eigenvalue weighted by atomic mass is 9.35. The van der Waals surface area contributed by atoms with Gasteiger partial charge < -0.3 is 33.5 Å². The van der Waals surface area contributed by atoms with E-state index in [4.69, 9.17) is 28.4 Å². The number of fused-ring (bicyclic) bond motifs is 5. The molecule has 1 aromatic rings. The summed E-state index contributed by atoms with van der Waals surface area (Å²) in [6, 6.07) is 7.71. The highest BCUT2D eigenvalue weighted by molar-refractivity contribution is 5.68. The largest absolute Gasteiger partial charge is 0.489 e. The summed E-state index contributed by atoms with van der Waals surface area (Å²) in [5.41, 5.74) is -2.76. The van der Waals surface area contributed by atoms with E-state index in [1.807, 2.05) is 50.3 Å². The number of para-hydroxylation sites is 1. The molecule has 11 nitrogen and oxygen atoms in total. The summed E-state index contributed by atoms with van der Waals surface area (Å²) in [7, 11) is 0. The molecule has 0 bridgehead atoms. The zero-order valence-electron chi connectivity index (χ0n) is 32.3. The molecule has 0 amide bonds. The van der Waals surface area contributed by atoms with Crippen molar-refractivity contribution in [3.05, 3.63) is 66.3 Å². The Morgan fingerprint density at radius 2 is 1.70 bits per heavy atom. The van der Waals surface area contributed by atoms with Crippen LogP contribution in [0.3, 0.4) is 0 Å². The minimum absolute atomic E-state index is 0.0426. The number of carbonyl (C=O) groups is 4. The molecule has 11 atom stereocenters. The quantitative estimate of drug-likeness (QED) is 0.166. The van der Waals surface area contributed by atoms with Crippen LogP contribution in [0.15, 0.2) is 60.7 Å². The van der Waals surface area contributed by atoms with Crippen LogP contribution < -0.4 is 4.74 Å². The molecular formula is C42H56O11. The van der Waals surface area contributed by atoms with Crippen molar-refractivity contribution in [3.63, 3.8) is 0 Å². The van der Waals surface area contributed by atoms with Crippen molar-refractivity contribution in [2.24, 2.45) is 34.0 Å². The lowest BCUT2D eigenvalue weighted by Gasteiger charge is -2.71. The Labute approximate surface area is 313 Å². The molecular weight excluding hydrogens is 680 g/mol. The van der Waals surface area contributed by atoms with Gasteiger partial charge in [-0.2, -0.15) is 0 Å². The highest BCUT2D eigenvalue weighted by atomic mass is 16.6. The number of esters is 4. The summed E-state index contributed by atoms with van der Waals surface area (Å²) in [5.74, 6) is -3.09. The molecule has 2 fully saturated rings. The predicted octanol–water partition coefficient (Wildman–Crippen LogP) is 5.86. The first-order valence-electron chi connectivity index (χ1n) is 18.6. The SMILES string of the molecule is C=CCOc1ccccc1CC[C@]1(O)C(C)=C[C@@H](OC(C)=O)[C@]2(C)C3[C@H](OC(C)=O)[C@H](OC(C)=O)[C@@]4(C(C)OC(C)=O)COCC=CC4[C@]3(C)CCC21. The zero-order valence-corrected chi connectivity index (χ0v) is 32.3. The van der Waals surface area contributed by atoms with E-state index < -0.39 is 87.9 Å². The Bertz CT molecular complexity index is 1650. The maximum absolute atomic E-state index is 13.2. The molecule has 1 N–H and O–H groups in total. The third kappa shape index (κ3) is 7.07. The fourth-order valence-electron chi connectivity index (χ4n) is 10.9. The number of carbonyl (C=O) groups excluding carboxylic acids is 4. The number of aliphatic hydroxyl groups is 1. The van der Waals surface area contributed by atoms with Crippen molar-refractivity contribution in [2.75, 3.05) is 19.8 Å². The fourth-order valence-corrected chi connectivity index (χ4v) is 10.9. The van der Waals surface area contributed by atoms with E-state index in [9.17, 15) is 24.3 Å². The van der Waals surface area contributed by atoms with E-state index in [-0.39, 0.29) is 13.2 Å². The maximum atomic E-state index is 13.2. The lowest BCUT2D eigenvalue weighted by molar-refractivity contribution is -0.304. The van der Waals surface area contributed by atoms with Gasteiger partial charge in [-0.15, -0.1) is 0 Å². The van der Waals surface area contributed by atoms with Crippen LogP contribution >= 0.6 is 0 Å². The normalized spacial score (nSPS) is 36.5. The summed E-state index contributed by atoms with van der Waals surface area (Å²) in [5, 5.41) is 13.1. The smallest absolute Gasteiger partial charge is 0.303 e. The maximum Gasteiger partial charge on any atom is 0.303 e. The third-order valence-corrected chi connectivity index (χ3v) is 12.8. The number of rotatable bonds is 11. The number of hydrogen-bond acceptors (Lipinski definition) is 11. The second kappa shape index (κ2) is 15.4. The lowest BCUT2D eigenvalue weighted by Crippen LogP contribution is -2.76. The van der Waals surface area contributed by atoms with E-state index in [1.54, 1.807) is 13.0 Å². The van der Waals surface area contributed by atoms with Gasteiger partial charge in [-0.25, -0.2) is 0 Å². The van der Waals surface area contributed by atoms with Gasteiger partial charge in [0.15, 0.2) is 6.10 Å². The molecule has 0 aromatic heterocycles. The Kier molecular flexibility index (Phi) is 11.7. The molecule has 11 heteroatoms. The van der Waals surface area contributed by atoms with Gasteiger partial charge in [0.05, 0.1) is 24.2 Å². The van der Waals surface area contributed by atoms with Crippen LogP contribution in [0.4, 0.5) is 0 Å². The Hall–Kier alpha value is -3.96. The number of hydrogen-bond donors (Lipinski definition) is 1. The second-order valence-electron chi connectivity index (χ2n) is 15.8. The second-order valence-corrected chi connectivity index (χ2v) is 15.8. The summed E-state index contributed by atoms with van der Waals surface area (Å²) in [6.07, 6.45) is 5.46. The van der Waals surface area contributed by atoms with Crippen LogP contribution in [0.5, 0.6) is 5.75 Å². The molecule has 0 radical (unpaired) electrons. The van der Waals surface area contributed by atoms with E-state index in [2.05, 4.69) is 19.6 Å². The molecule has 53 heavy (non-hydrogen) atoms.